The maximum Gasteiger partial charge on any atom is 0.196 e. The molecule has 98 valence electrons. The van der Waals surface area contributed by atoms with Crippen molar-refractivity contribution in [3.8, 4) is 5.75 Å². The molecule has 2 rings (SSSR count). The van der Waals surface area contributed by atoms with Crippen molar-refractivity contribution in [1.82, 2.24) is 0 Å². The molecule has 3 nitrogen and oxygen atoms in total. The summed E-state index contributed by atoms with van der Waals surface area (Å²) in [5.41, 5.74) is 7.48. The van der Waals surface area contributed by atoms with Crippen molar-refractivity contribution < 1.29 is 13.9 Å². The van der Waals surface area contributed by atoms with Crippen LogP contribution in [0.5, 0.6) is 5.75 Å². The molecule has 0 heterocycles. The molecule has 0 spiro atoms. The SMILES string of the molecule is COc1cccc(C(=O)c2ccc(C)c(N)c2)c1F. The summed E-state index contributed by atoms with van der Waals surface area (Å²) < 4.78 is 18.9. The highest BCUT2D eigenvalue weighted by atomic mass is 19.1. The van der Waals surface area contributed by atoms with Crippen LogP contribution in [0.1, 0.15) is 21.5 Å². The molecule has 0 unspecified atom stereocenters. The van der Waals surface area contributed by atoms with Crippen molar-refractivity contribution in [1.29, 1.82) is 0 Å². The van der Waals surface area contributed by atoms with E-state index >= 15 is 0 Å². The van der Waals surface area contributed by atoms with Crippen molar-refractivity contribution in [2.24, 2.45) is 0 Å². The molecule has 2 aromatic rings. The minimum Gasteiger partial charge on any atom is -0.494 e. The van der Waals surface area contributed by atoms with Crippen molar-refractivity contribution in [3.05, 3.63) is 58.9 Å². The van der Waals surface area contributed by atoms with E-state index in [2.05, 4.69) is 0 Å². The van der Waals surface area contributed by atoms with Crippen LogP contribution in [-0.4, -0.2) is 12.9 Å². The van der Waals surface area contributed by atoms with Crippen molar-refractivity contribution in [3.63, 3.8) is 0 Å². The predicted molar refractivity (Wildman–Crippen MR) is 72.0 cm³/mol. The molecule has 0 aliphatic carbocycles. The van der Waals surface area contributed by atoms with Gasteiger partial charge in [0.15, 0.2) is 17.3 Å². The van der Waals surface area contributed by atoms with Gasteiger partial charge in [-0.25, -0.2) is 4.39 Å². The number of anilines is 1. The number of aryl methyl sites for hydroxylation is 1. The number of nitrogen functional groups attached to an aromatic ring is 1. The van der Waals surface area contributed by atoms with Crippen molar-refractivity contribution in [2.75, 3.05) is 12.8 Å². The van der Waals surface area contributed by atoms with Crippen LogP contribution in [-0.2, 0) is 0 Å². The number of methoxy groups -OCH3 is 1. The number of rotatable bonds is 3. The molecule has 0 aromatic heterocycles. The van der Waals surface area contributed by atoms with Gasteiger partial charge in [0, 0.05) is 11.3 Å². The number of hydrogen-bond acceptors (Lipinski definition) is 3. The number of ether oxygens (including phenoxy) is 1. The molecule has 19 heavy (non-hydrogen) atoms. The van der Waals surface area contributed by atoms with Crippen LogP contribution in [0.15, 0.2) is 36.4 Å². The summed E-state index contributed by atoms with van der Waals surface area (Å²) in [5.74, 6) is -1.02. The van der Waals surface area contributed by atoms with Crippen LogP contribution >= 0.6 is 0 Å². The van der Waals surface area contributed by atoms with E-state index in [1.807, 2.05) is 6.92 Å². The van der Waals surface area contributed by atoms with Crippen LogP contribution in [0.25, 0.3) is 0 Å². The Labute approximate surface area is 110 Å². The van der Waals surface area contributed by atoms with E-state index in [9.17, 15) is 9.18 Å². The van der Waals surface area contributed by atoms with Gasteiger partial charge < -0.3 is 10.5 Å². The number of carbonyl (C=O) groups excluding carboxylic acids is 1. The lowest BCUT2D eigenvalue weighted by atomic mass is 10.0. The summed E-state index contributed by atoms with van der Waals surface area (Å²) in [5, 5.41) is 0. The fourth-order valence-electron chi connectivity index (χ4n) is 1.78. The van der Waals surface area contributed by atoms with Gasteiger partial charge in [0.25, 0.3) is 0 Å². The summed E-state index contributed by atoms with van der Waals surface area (Å²) >= 11 is 0. The van der Waals surface area contributed by atoms with Gasteiger partial charge in [-0.2, -0.15) is 0 Å². The third kappa shape index (κ3) is 2.42. The second kappa shape index (κ2) is 5.10. The van der Waals surface area contributed by atoms with Crippen molar-refractivity contribution in [2.45, 2.75) is 6.92 Å². The van der Waals surface area contributed by atoms with Gasteiger partial charge >= 0.3 is 0 Å². The quantitative estimate of drug-likeness (QED) is 0.681. The van der Waals surface area contributed by atoms with E-state index in [0.29, 0.717) is 11.3 Å². The first-order chi connectivity index (χ1) is 9.04. The first kappa shape index (κ1) is 13.1. The number of halogens is 1. The van der Waals surface area contributed by atoms with E-state index in [-0.39, 0.29) is 11.3 Å². The number of nitrogens with two attached hydrogens (primary N) is 1. The highest BCUT2D eigenvalue weighted by molar-refractivity contribution is 6.09. The van der Waals surface area contributed by atoms with E-state index in [1.54, 1.807) is 24.3 Å². The summed E-state index contributed by atoms with van der Waals surface area (Å²) in [7, 11) is 1.36. The van der Waals surface area contributed by atoms with E-state index in [0.717, 1.165) is 5.56 Å². The Morgan fingerprint density at radius 2 is 2.00 bits per heavy atom. The monoisotopic (exact) mass is 259 g/mol. The number of carbonyl (C=O) groups is 1. The number of benzene rings is 2. The van der Waals surface area contributed by atoms with Crippen LogP contribution in [0.3, 0.4) is 0 Å². The van der Waals surface area contributed by atoms with E-state index < -0.39 is 11.6 Å². The third-order valence-electron chi connectivity index (χ3n) is 2.97. The van der Waals surface area contributed by atoms with Crippen LogP contribution in [0.2, 0.25) is 0 Å². The second-order valence-electron chi connectivity index (χ2n) is 4.22. The van der Waals surface area contributed by atoms with Gasteiger partial charge in [-0.15, -0.1) is 0 Å². The predicted octanol–water partition coefficient (Wildman–Crippen LogP) is 2.96. The number of hydrogen-bond donors (Lipinski definition) is 1. The Balaban J connectivity index is 2.47. The lowest BCUT2D eigenvalue weighted by molar-refractivity contribution is 0.103. The fourth-order valence-corrected chi connectivity index (χ4v) is 1.78. The fraction of sp³-hybridized carbons (Fsp3) is 0.133. The molecule has 0 aliphatic rings. The first-order valence-electron chi connectivity index (χ1n) is 5.78. The van der Waals surface area contributed by atoms with Gasteiger partial charge in [-0.05, 0) is 30.7 Å². The second-order valence-corrected chi connectivity index (χ2v) is 4.22. The normalized spacial score (nSPS) is 10.3. The topological polar surface area (TPSA) is 52.3 Å². The van der Waals surface area contributed by atoms with Gasteiger partial charge in [0.1, 0.15) is 0 Å². The standard InChI is InChI=1S/C15H14FNO2/c1-9-6-7-10(8-12(9)17)15(18)11-4-3-5-13(19-2)14(11)16/h3-8H,17H2,1-2H3. The Morgan fingerprint density at radius 1 is 1.26 bits per heavy atom. The summed E-state index contributed by atoms with van der Waals surface area (Å²) in [6, 6.07) is 9.39. The molecular weight excluding hydrogens is 245 g/mol. The molecule has 0 aliphatic heterocycles. The molecule has 0 fully saturated rings. The van der Waals surface area contributed by atoms with Crippen molar-refractivity contribution >= 4 is 11.5 Å². The summed E-state index contributed by atoms with van der Waals surface area (Å²) in [6.07, 6.45) is 0. The first-order valence-corrected chi connectivity index (χ1v) is 5.78. The van der Waals surface area contributed by atoms with Gasteiger partial charge in [0.05, 0.1) is 12.7 Å². The molecule has 2 N–H and O–H groups in total. The Morgan fingerprint density at radius 3 is 2.63 bits per heavy atom. The molecular formula is C15H14FNO2. The van der Waals surface area contributed by atoms with Crippen LogP contribution < -0.4 is 10.5 Å². The minimum absolute atomic E-state index is 0.0254. The molecule has 0 saturated heterocycles. The largest absolute Gasteiger partial charge is 0.494 e. The highest BCUT2D eigenvalue weighted by Crippen LogP contribution is 2.23. The lowest BCUT2D eigenvalue weighted by Crippen LogP contribution is -2.06. The molecule has 0 amide bonds. The van der Waals surface area contributed by atoms with E-state index in [1.165, 1.54) is 19.2 Å². The zero-order chi connectivity index (χ0) is 14.0. The van der Waals surface area contributed by atoms with Gasteiger partial charge in [-0.3, -0.25) is 4.79 Å². The summed E-state index contributed by atoms with van der Waals surface area (Å²) in [4.78, 5) is 12.2. The Bertz CT molecular complexity index is 638. The van der Waals surface area contributed by atoms with Gasteiger partial charge in [0.2, 0.25) is 0 Å². The molecule has 0 atom stereocenters. The molecule has 0 radical (unpaired) electrons. The Hall–Kier alpha value is -2.36. The average molecular weight is 259 g/mol. The molecule has 2 aromatic carbocycles. The lowest BCUT2D eigenvalue weighted by Gasteiger charge is -2.08. The number of ketones is 1. The zero-order valence-corrected chi connectivity index (χ0v) is 10.7. The maximum atomic E-state index is 14.0. The Kier molecular flexibility index (Phi) is 3.51. The zero-order valence-electron chi connectivity index (χ0n) is 10.7. The van der Waals surface area contributed by atoms with Crippen LogP contribution in [0.4, 0.5) is 10.1 Å². The third-order valence-corrected chi connectivity index (χ3v) is 2.97. The van der Waals surface area contributed by atoms with Gasteiger partial charge in [-0.1, -0.05) is 18.2 Å². The molecule has 0 saturated carbocycles. The average Bonchev–Trinajstić information content (AvgIpc) is 2.41. The molecule has 0 bridgehead atoms. The molecule has 4 heteroatoms. The smallest absolute Gasteiger partial charge is 0.196 e. The maximum absolute atomic E-state index is 14.0. The summed E-state index contributed by atoms with van der Waals surface area (Å²) in [6.45, 7) is 1.84. The minimum atomic E-state index is -0.658. The van der Waals surface area contributed by atoms with E-state index in [4.69, 9.17) is 10.5 Å². The van der Waals surface area contributed by atoms with Crippen LogP contribution in [0, 0.1) is 12.7 Å². The highest BCUT2D eigenvalue weighted by Gasteiger charge is 2.17.